The van der Waals surface area contributed by atoms with Crippen LogP contribution in [-0.2, 0) is 17.5 Å². The Morgan fingerprint density at radius 3 is 2.83 bits per heavy atom. The highest BCUT2D eigenvalue weighted by Crippen LogP contribution is 2.46. The maximum absolute atomic E-state index is 13.0. The molecular formula is C15H15F3N4O. The van der Waals surface area contributed by atoms with Crippen LogP contribution >= 0.6 is 0 Å². The third kappa shape index (κ3) is 3.69. The number of nitrogens with zero attached hydrogens (tertiary/aromatic N) is 3. The van der Waals surface area contributed by atoms with Crippen molar-refractivity contribution in [1.82, 2.24) is 20.3 Å². The van der Waals surface area contributed by atoms with Crippen molar-refractivity contribution < 1.29 is 18.0 Å². The van der Waals surface area contributed by atoms with Crippen LogP contribution < -0.4 is 5.32 Å². The van der Waals surface area contributed by atoms with Crippen LogP contribution in [0.1, 0.15) is 29.9 Å². The fourth-order valence-electron chi connectivity index (χ4n) is 2.62. The Kier molecular flexibility index (Phi) is 4.06. The Labute approximate surface area is 130 Å². The standard InChI is InChI=1S/C15H15F3N4O/c16-15(17,18)12-4-2-1-3-10(12)11-9-13(11)20-14(23)5-7-22-8-6-19-21-22/h1-4,6,8,11,13H,5,7,9H2,(H,20,23)/t11-,13+/m1/s1. The topological polar surface area (TPSA) is 59.8 Å². The van der Waals surface area contributed by atoms with Crippen LogP contribution in [0.3, 0.4) is 0 Å². The average molecular weight is 324 g/mol. The second kappa shape index (κ2) is 6.02. The summed E-state index contributed by atoms with van der Waals surface area (Å²) in [6.45, 7) is 0.391. The monoisotopic (exact) mass is 324 g/mol. The minimum Gasteiger partial charge on any atom is -0.353 e. The Morgan fingerprint density at radius 1 is 1.35 bits per heavy atom. The summed E-state index contributed by atoms with van der Waals surface area (Å²) < 4.78 is 40.5. The molecule has 0 aliphatic heterocycles. The predicted molar refractivity (Wildman–Crippen MR) is 75.4 cm³/mol. The number of benzene rings is 1. The molecule has 5 nitrogen and oxygen atoms in total. The van der Waals surface area contributed by atoms with Crippen LogP contribution in [0.4, 0.5) is 13.2 Å². The summed E-state index contributed by atoms with van der Waals surface area (Å²) in [7, 11) is 0. The van der Waals surface area contributed by atoms with Gasteiger partial charge in [-0.25, -0.2) is 0 Å². The van der Waals surface area contributed by atoms with Crippen molar-refractivity contribution >= 4 is 5.91 Å². The van der Waals surface area contributed by atoms with E-state index in [1.807, 2.05) is 0 Å². The minimum atomic E-state index is -4.37. The maximum atomic E-state index is 13.0. The molecule has 2 atom stereocenters. The molecule has 1 aliphatic carbocycles. The molecule has 0 saturated heterocycles. The largest absolute Gasteiger partial charge is 0.416 e. The second-order valence-electron chi connectivity index (χ2n) is 5.52. The smallest absolute Gasteiger partial charge is 0.353 e. The van der Waals surface area contributed by atoms with Gasteiger partial charge >= 0.3 is 6.18 Å². The van der Waals surface area contributed by atoms with Crippen molar-refractivity contribution in [3.05, 3.63) is 47.8 Å². The van der Waals surface area contributed by atoms with Gasteiger partial charge in [-0.2, -0.15) is 13.2 Å². The van der Waals surface area contributed by atoms with E-state index < -0.39 is 11.7 Å². The highest BCUT2D eigenvalue weighted by molar-refractivity contribution is 5.76. The Balaban J connectivity index is 1.57. The molecule has 2 aromatic rings. The first-order valence-electron chi connectivity index (χ1n) is 7.25. The van der Waals surface area contributed by atoms with Crippen molar-refractivity contribution in [3.8, 4) is 0 Å². The molecule has 0 unspecified atom stereocenters. The quantitative estimate of drug-likeness (QED) is 0.918. The van der Waals surface area contributed by atoms with E-state index in [9.17, 15) is 18.0 Å². The summed E-state index contributed by atoms with van der Waals surface area (Å²) in [5.41, 5.74) is -0.369. The summed E-state index contributed by atoms with van der Waals surface area (Å²) in [4.78, 5) is 11.9. The van der Waals surface area contributed by atoms with Gasteiger partial charge in [-0.15, -0.1) is 5.10 Å². The molecule has 3 rings (SSSR count). The van der Waals surface area contributed by atoms with Crippen molar-refractivity contribution in [2.75, 3.05) is 0 Å². The first-order valence-corrected chi connectivity index (χ1v) is 7.25. The molecule has 8 heteroatoms. The van der Waals surface area contributed by atoms with E-state index in [0.29, 0.717) is 13.0 Å². The summed E-state index contributed by atoms with van der Waals surface area (Å²) in [6.07, 6.45) is -0.466. The molecule has 1 aliphatic rings. The van der Waals surface area contributed by atoms with E-state index in [1.54, 1.807) is 12.3 Å². The molecule has 122 valence electrons. The molecule has 1 N–H and O–H groups in total. The second-order valence-corrected chi connectivity index (χ2v) is 5.52. The molecule has 0 spiro atoms. The lowest BCUT2D eigenvalue weighted by atomic mass is 10.0. The van der Waals surface area contributed by atoms with Crippen LogP contribution in [-0.4, -0.2) is 26.9 Å². The van der Waals surface area contributed by atoms with E-state index in [-0.39, 0.29) is 29.9 Å². The number of alkyl halides is 3. The fraction of sp³-hybridized carbons (Fsp3) is 0.400. The van der Waals surface area contributed by atoms with E-state index >= 15 is 0 Å². The van der Waals surface area contributed by atoms with Crippen LogP contribution in [0.25, 0.3) is 0 Å². The van der Waals surface area contributed by atoms with E-state index in [4.69, 9.17) is 0 Å². The number of hydrogen-bond donors (Lipinski definition) is 1. The zero-order chi connectivity index (χ0) is 16.4. The molecular weight excluding hydrogens is 309 g/mol. The molecule has 23 heavy (non-hydrogen) atoms. The summed E-state index contributed by atoms with van der Waals surface area (Å²) >= 11 is 0. The number of halogens is 3. The first kappa shape index (κ1) is 15.5. The predicted octanol–water partition coefficient (Wildman–Crippen LogP) is 2.36. The third-order valence-corrected chi connectivity index (χ3v) is 3.84. The zero-order valence-electron chi connectivity index (χ0n) is 12.1. The van der Waals surface area contributed by atoms with Gasteiger partial charge in [0.15, 0.2) is 0 Å². The summed E-state index contributed by atoms with van der Waals surface area (Å²) in [5, 5.41) is 10.2. The van der Waals surface area contributed by atoms with Gasteiger partial charge in [0.1, 0.15) is 0 Å². The third-order valence-electron chi connectivity index (χ3n) is 3.84. The Morgan fingerprint density at radius 2 is 2.13 bits per heavy atom. The van der Waals surface area contributed by atoms with Gasteiger partial charge in [-0.1, -0.05) is 23.4 Å². The maximum Gasteiger partial charge on any atom is 0.416 e. The zero-order valence-corrected chi connectivity index (χ0v) is 12.1. The van der Waals surface area contributed by atoms with Gasteiger partial charge in [0.2, 0.25) is 5.91 Å². The first-order chi connectivity index (χ1) is 10.9. The Bertz CT molecular complexity index is 684. The summed E-state index contributed by atoms with van der Waals surface area (Å²) in [6, 6.07) is 5.29. The van der Waals surface area contributed by atoms with E-state index in [0.717, 1.165) is 6.07 Å². The summed E-state index contributed by atoms with van der Waals surface area (Å²) in [5.74, 6) is -0.472. The minimum absolute atomic E-state index is 0.197. The molecule has 1 aromatic carbocycles. The van der Waals surface area contributed by atoms with Gasteiger partial charge in [-0.05, 0) is 18.1 Å². The SMILES string of the molecule is O=C(CCn1ccnn1)N[C@H]1C[C@@H]1c1ccccc1C(F)(F)F. The van der Waals surface area contributed by atoms with Gasteiger partial charge in [0.05, 0.1) is 18.3 Å². The van der Waals surface area contributed by atoms with E-state index in [2.05, 4.69) is 15.6 Å². The highest BCUT2D eigenvalue weighted by Gasteiger charge is 2.44. The average Bonchev–Trinajstić information content (AvgIpc) is 3.06. The van der Waals surface area contributed by atoms with Gasteiger partial charge in [-0.3, -0.25) is 9.48 Å². The van der Waals surface area contributed by atoms with Gasteiger partial charge in [0.25, 0.3) is 0 Å². The number of amides is 1. The number of rotatable bonds is 5. The molecule has 1 amide bonds. The number of aromatic nitrogens is 3. The normalized spacial score (nSPS) is 20.3. The fourth-order valence-corrected chi connectivity index (χ4v) is 2.62. The molecule has 1 heterocycles. The lowest BCUT2D eigenvalue weighted by molar-refractivity contribution is -0.138. The number of carbonyl (C=O) groups is 1. The highest BCUT2D eigenvalue weighted by atomic mass is 19.4. The molecule has 1 fully saturated rings. The number of aryl methyl sites for hydroxylation is 1. The molecule has 1 aromatic heterocycles. The molecule has 1 saturated carbocycles. The number of nitrogens with one attached hydrogen (secondary N) is 1. The van der Waals surface area contributed by atoms with Crippen LogP contribution in [0.2, 0.25) is 0 Å². The van der Waals surface area contributed by atoms with Crippen LogP contribution in [0.15, 0.2) is 36.7 Å². The lowest BCUT2D eigenvalue weighted by Crippen LogP contribution is -2.27. The number of carbonyl (C=O) groups excluding carboxylic acids is 1. The van der Waals surface area contributed by atoms with Crippen molar-refractivity contribution in [2.24, 2.45) is 0 Å². The number of hydrogen-bond acceptors (Lipinski definition) is 3. The van der Waals surface area contributed by atoms with Crippen LogP contribution in [0, 0.1) is 0 Å². The van der Waals surface area contributed by atoms with Crippen molar-refractivity contribution in [1.29, 1.82) is 0 Å². The van der Waals surface area contributed by atoms with Gasteiger partial charge < -0.3 is 5.32 Å². The van der Waals surface area contributed by atoms with Crippen molar-refractivity contribution in [2.45, 2.75) is 37.5 Å². The Hall–Kier alpha value is -2.38. The van der Waals surface area contributed by atoms with Gasteiger partial charge in [0, 0.05) is 24.6 Å². The lowest BCUT2D eigenvalue weighted by Gasteiger charge is -2.12. The molecule has 0 bridgehead atoms. The van der Waals surface area contributed by atoms with Crippen molar-refractivity contribution in [3.63, 3.8) is 0 Å². The molecule has 0 radical (unpaired) electrons. The van der Waals surface area contributed by atoms with E-state index in [1.165, 1.54) is 23.0 Å². The van der Waals surface area contributed by atoms with Crippen LogP contribution in [0.5, 0.6) is 0 Å².